The molecule has 1 amide bonds. The van der Waals surface area contributed by atoms with Crippen LogP contribution >= 0.6 is 11.3 Å². The summed E-state index contributed by atoms with van der Waals surface area (Å²) in [5.74, 6) is 0.900. The third-order valence-corrected chi connectivity index (χ3v) is 6.23. The van der Waals surface area contributed by atoms with E-state index in [1.165, 1.54) is 11.1 Å². The lowest BCUT2D eigenvalue weighted by Gasteiger charge is -2.22. The van der Waals surface area contributed by atoms with E-state index in [-0.39, 0.29) is 5.91 Å². The molecular weight excluding hydrogens is 404 g/mol. The number of hydrogen-bond acceptors (Lipinski definition) is 4. The highest BCUT2D eigenvalue weighted by molar-refractivity contribution is 7.09. The van der Waals surface area contributed by atoms with E-state index >= 15 is 0 Å². The van der Waals surface area contributed by atoms with Gasteiger partial charge in [-0.05, 0) is 40.5 Å². The number of carbonyl (C=O) groups is 1. The fourth-order valence-electron chi connectivity index (χ4n) is 3.85. The highest BCUT2D eigenvalue weighted by Gasteiger charge is 2.21. The van der Waals surface area contributed by atoms with Crippen LogP contribution in [0.4, 0.5) is 0 Å². The zero-order valence-electron chi connectivity index (χ0n) is 17.0. The largest absolute Gasteiger partial charge is 0.493 e. The van der Waals surface area contributed by atoms with Crippen LogP contribution in [0.15, 0.2) is 84.4 Å². The standard InChI is InChI=1S/C26H22N2O2S/c29-26(23-10-11-24-22(16-23)12-14-30-24)28(18-25-27-13-15-31-25)17-19-6-8-21(9-7-19)20-4-2-1-3-5-20/h1-11,13,15-16H,12,14,17-18H2. The normalized spacial score (nSPS) is 12.3. The van der Waals surface area contributed by atoms with Crippen molar-refractivity contribution in [3.8, 4) is 16.9 Å². The molecule has 0 saturated carbocycles. The van der Waals surface area contributed by atoms with E-state index in [2.05, 4.69) is 41.4 Å². The smallest absolute Gasteiger partial charge is 0.254 e. The summed E-state index contributed by atoms with van der Waals surface area (Å²) in [6, 6.07) is 24.5. The Morgan fingerprint density at radius 2 is 1.77 bits per heavy atom. The minimum Gasteiger partial charge on any atom is -0.493 e. The molecule has 4 nitrogen and oxygen atoms in total. The van der Waals surface area contributed by atoms with E-state index in [4.69, 9.17) is 4.74 Å². The molecule has 0 spiro atoms. The lowest BCUT2D eigenvalue weighted by molar-refractivity contribution is 0.0730. The average Bonchev–Trinajstić information content (AvgIpc) is 3.51. The van der Waals surface area contributed by atoms with Crippen LogP contribution < -0.4 is 4.74 Å². The third-order valence-electron chi connectivity index (χ3n) is 5.47. The first kappa shape index (κ1) is 19.5. The van der Waals surface area contributed by atoms with Crippen molar-refractivity contribution in [1.29, 1.82) is 0 Å². The fraction of sp³-hybridized carbons (Fsp3) is 0.154. The third kappa shape index (κ3) is 4.37. The van der Waals surface area contributed by atoms with Gasteiger partial charge in [0.25, 0.3) is 5.91 Å². The van der Waals surface area contributed by atoms with E-state index in [1.807, 2.05) is 46.7 Å². The van der Waals surface area contributed by atoms with Crippen LogP contribution in [0, 0.1) is 0 Å². The zero-order valence-corrected chi connectivity index (χ0v) is 17.8. The second-order valence-corrected chi connectivity index (χ2v) is 8.55. The van der Waals surface area contributed by atoms with Crippen molar-refractivity contribution < 1.29 is 9.53 Å². The lowest BCUT2D eigenvalue weighted by atomic mass is 10.0. The fourth-order valence-corrected chi connectivity index (χ4v) is 4.48. The number of rotatable bonds is 6. The molecular formula is C26H22N2O2S. The molecule has 0 unspecified atom stereocenters. The number of thiazole rings is 1. The predicted molar refractivity (Wildman–Crippen MR) is 123 cm³/mol. The van der Waals surface area contributed by atoms with Crippen molar-refractivity contribution in [3.05, 3.63) is 106 Å². The van der Waals surface area contributed by atoms with Crippen LogP contribution in [-0.2, 0) is 19.5 Å². The highest BCUT2D eigenvalue weighted by Crippen LogP contribution is 2.27. The summed E-state index contributed by atoms with van der Waals surface area (Å²) in [4.78, 5) is 19.7. The Hall–Kier alpha value is -3.44. The number of carbonyl (C=O) groups excluding carboxylic acids is 1. The van der Waals surface area contributed by atoms with Crippen LogP contribution in [0.1, 0.15) is 26.5 Å². The Bertz CT molecular complexity index is 1170. The van der Waals surface area contributed by atoms with Gasteiger partial charge in [0.1, 0.15) is 10.8 Å². The second-order valence-electron chi connectivity index (χ2n) is 7.57. The summed E-state index contributed by atoms with van der Waals surface area (Å²) in [5.41, 5.74) is 5.24. The molecule has 0 radical (unpaired) electrons. The molecule has 31 heavy (non-hydrogen) atoms. The van der Waals surface area contributed by atoms with Gasteiger partial charge in [0, 0.05) is 30.1 Å². The number of benzene rings is 3. The number of nitrogens with zero attached hydrogens (tertiary/aromatic N) is 2. The van der Waals surface area contributed by atoms with Gasteiger partial charge in [0.15, 0.2) is 0 Å². The summed E-state index contributed by atoms with van der Waals surface area (Å²) in [5, 5.41) is 2.87. The molecule has 5 rings (SSSR count). The Morgan fingerprint density at radius 1 is 0.968 bits per heavy atom. The number of ether oxygens (including phenoxy) is 1. The maximum atomic E-state index is 13.4. The van der Waals surface area contributed by atoms with Gasteiger partial charge in [-0.2, -0.15) is 0 Å². The van der Waals surface area contributed by atoms with Gasteiger partial charge < -0.3 is 9.64 Å². The number of fused-ring (bicyclic) bond motifs is 1. The summed E-state index contributed by atoms with van der Waals surface area (Å²) < 4.78 is 5.59. The van der Waals surface area contributed by atoms with Crippen LogP contribution in [0.2, 0.25) is 0 Å². The summed E-state index contributed by atoms with van der Waals surface area (Å²) in [6.45, 7) is 1.70. The number of amides is 1. The zero-order chi connectivity index (χ0) is 21.0. The molecule has 154 valence electrons. The molecule has 1 aromatic heterocycles. The van der Waals surface area contributed by atoms with Gasteiger partial charge in [-0.3, -0.25) is 4.79 Å². The van der Waals surface area contributed by atoms with Crippen molar-refractivity contribution in [2.75, 3.05) is 6.61 Å². The summed E-state index contributed by atoms with van der Waals surface area (Å²) >= 11 is 1.57. The average molecular weight is 427 g/mol. The van der Waals surface area contributed by atoms with Crippen molar-refractivity contribution in [1.82, 2.24) is 9.88 Å². The maximum absolute atomic E-state index is 13.4. The van der Waals surface area contributed by atoms with Crippen molar-refractivity contribution in [2.45, 2.75) is 19.5 Å². The topological polar surface area (TPSA) is 42.4 Å². The van der Waals surface area contributed by atoms with Crippen LogP contribution in [0.5, 0.6) is 5.75 Å². The Kier molecular flexibility index (Phi) is 5.50. The molecule has 1 aliphatic rings. The molecule has 3 aromatic carbocycles. The van der Waals surface area contributed by atoms with Crippen molar-refractivity contribution >= 4 is 17.2 Å². The van der Waals surface area contributed by atoms with Crippen LogP contribution in [-0.4, -0.2) is 22.4 Å². The Balaban J connectivity index is 1.39. The van der Waals surface area contributed by atoms with E-state index in [9.17, 15) is 4.79 Å². The van der Waals surface area contributed by atoms with E-state index in [0.29, 0.717) is 25.3 Å². The van der Waals surface area contributed by atoms with E-state index in [0.717, 1.165) is 28.3 Å². The summed E-state index contributed by atoms with van der Waals surface area (Å²) in [7, 11) is 0. The molecule has 1 aliphatic heterocycles. The molecule has 0 N–H and O–H groups in total. The SMILES string of the molecule is O=C(c1ccc2c(c1)CCO2)N(Cc1ccc(-c2ccccc2)cc1)Cc1nccs1. The molecule has 4 aromatic rings. The first-order valence-electron chi connectivity index (χ1n) is 10.3. The minimum absolute atomic E-state index is 0.0111. The maximum Gasteiger partial charge on any atom is 0.254 e. The molecule has 0 atom stereocenters. The van der Waals surface area contributed by atoms with Gasteiger partial charge in [-0.1, -0.05) is 54.6 Å². The second kappa shape index (κ2) is 8.74. The molecule has 0 aliphatic carbocycles. The van der Waals surface area contributed by atoms with Gasteiger partial charge >= 0.3 is 0 Å². The highest BCUT2D eigenvalue weighted by atomic mass is 32.1. The molecule has 5 heteroatoms. The summed E-state index contributed by atoms with van der Waals surface area (Å²) in [6.07, 6.45) is 2.63. The van der Waals surface area contributed by atoms with Crippen LogP contribution in [0.25, 0.3) is 11.1 Å². The molecule has 0 fully saturated rings. The van der Waals surface area contributed by atoms with Gasteiger partial charge in [0.2, 0.25) is 0 Å². The molecule has 0 saturated heterocycles. The molecule has 2 heterocycles. The Morgan fingerprint density at radius 3 is 2.55 bits per heavy atom. The number of aromatic nitrogens is 1. The monoisotopic (exact) mass is 426 g/mol. The lowest BCUT2D eigenvalue weighted by Crippen LogP contribution is -2.30. The van der Waals surface area contributed by atoms with Gasteiger partial charge in [-0.15, -0.1) is 11.3 Å². The molecule has 0 bridgehead atoms. The Labute approximate surface area is 185 Å². The van der Waals surface area contributed by atoms with Gasteiger partial charge in [0.05, 0.1) is 13.2 Å². The van der Waals surface area contributed by atoms with Crippen molar-refractivity contribution in [2.24, 2.45) is 0 Å². The van der Waals surface area contributed by atoms with Crippen molar-refractivity contribution in [3.63, 3.8) is 0 Å². The van der Waals surface area contributed by atoms with E-state index in [1.54, 1.807) is 17.5 Å². The quantitative estimate of drug-likeness (QED) is 0.404. The van der Waals surface area contributed by atoms with E-state index < -0.39 is 0 Å². The van der Waals surface area contributed by atoms with Crippen LogP contribution in [0.3, 0.4) is 0 Å². The first-order chi connectivity index (χ1) is 15.3. The number of hydrogen-bond donors (Lipinski definition) is 0. The predicted octanol–water partition coefficient (Wildman–Crippen LogP) is 5.59. The first-order valence-corrected chi connectivity index (χ1v) is 11.2. The minimum atomic E-state index is 0.0111. The van der Waals surface area contributed by atoms with Gasteiger partial charge in [-0.25, -0.2) is 4.98 Å².